The van der Waals surface area contributed by atoms with Crippen LogP contribution < -0.4 is 10.1 Å². The van der Waals surface area contributed by atoms with Gasteiger partial charge in [-0.15, -0.1) is 0 Å². The summed E-state index contributed by atoms with van der Waals surface area (Å²) in [4.78, 5) is 25.8. The second-order valence-electron chi connectivity index (χ2n) is 7.45. The molecule has 0 bridgehead atoms. The van der Waals surface area contributed by atoms with Gasteiger partial charge in [0, 0.05) is 17.5 Å². The number of fused-ring (bicyclic) bond motifs is 1. The molecule has 0 spiro atoms. The molecular formula is C23H23N3O3. The number of ketones is 1. The number of amides is 1. The maximum Gasteiger partial charge on any atom is 0.226 e. The lowest BCUT2D eigenvalue weighted by Crippen LogP contribution is -2.28. The summed E-state index contributed by atoms with van der Waals surface area (Å²) < 4.78 is 6.98. The number of nitrogens with zero attached hydrogens (tertiary/aromatic N) is 2. The lowest BCUT2D eigenvalue weighted by molar-refractivity contribution is -0.116. The molecule has 1 N–H and O–H groups in total. The number of Topliss-reactive ketones (excluding diaryl/α,β-unsaturated/α-hetero) is 1. The fraction of sp³-hybridized carbons (Fsp3) is 0.261. The predicted octanol–water partition coefficient (Wildman–Crippen LogP) is 4.11. The summed E-state index contributed by atoms with van der Waals surface area (Å²) in [7, 11) is 1.56. The summed E-state index contributed by atoms with van der Waals surface area (Å²) in [5.41, 5.74) is 5.12. The van der Waals surface area contributed by atoms with Crippen LogP contribution in [-0.4, -0.2) is 28.6 Å². The fourth-order valence-electron chi connectivity index (χ4n) is 3.97. The Hall–Kier alpha value is -3.41. The molecule has 6 nitrogen and oxygen atoms in total. The molecule has 0 unspecified atom stereocenters. The maximum atomic E-state index is 13.3. The zero-order chi connectivity index (χ0) is 20.7. The summed E-state index contributed by atoms with van der Waals surface area (Å²) >= 11 is 0. The zero-order valence-corrected chi connectivity index (χ0v) is 16.9. The number of hydrogen-bond donors (Lipinski definition) is 1. The van der Waals surface area contributed by atoms with Crippen LogP contribution in [0, 0.1) is 20.8 Å². The van der Waals surface area contributed by atoms with E-state index in [1.807, 2.05) is 32.9 Å². The number of rotatable bonds is 4. The SMILES string of the molecule is COc1cccc(C(=O)[C@@H]2CC(=O)Nc3c2c(C)nn3-c2ccc(C)cc2C)c1. The molecule has 1 amide bonds. The average Bonchev–Trinajstić information content (AvgIpc) is 3.03. The van der Waals surface area contributed by atoms with Gasteiger partial charge in [0.05, 0.1) is 24.4 Å². The second kappa shape index (κ2) is 7.20. The van der Waals surface area contributed by atoms with Crippen LogP contribution in [0.5, 0.6) is 5.75 Å². The first-order valence-electron chi connectivity index (χ1n) is 9.54. The van der Waals surface area contributed by atoms with Gasteiger partial charge < -0.3 is 10.1 Å². The number of hydrogen-bond acceptors (Lipinski definition) is 4. The van der Waals surface area contributed by atoms with Crippen molar-refractivity contribution in [1.29, 1.82) is 0 Å². The Morgan fingerprint density at radius 3 is 2.69 bits per heavy atom. The molecule has 3 aromatic rings. The molecule has 2 aromatic carbocycles. The number of benzene rings is 2. The third kappa shape index (κ3) is 3.31. The minimum absolute atomic E-state index is 0.0997. The minimum Gasteiger partial charge on any atom is -0.497 e. The Kier molecular flexibility index (Phi) is 4.70. The normalized spacial score (nSPS) is 15.6. The van der Waals surface area contributed by atoms with Crippen molar-refractivity contribution >= 4 is 17.5 Å². The van der Waals surface area contributed by atoms with Gasteiger partial charge in [0.2, 0.25) is 5.91 Å². The predicted molar refractivity (Wildman–Crippen MR) is 111 cm³/mol. The standard InChI is InChI=1S/C23H23N3O3/c1-13-8-9-19(14(2)10-13)26-23-21(15(3)25-26)18(12-20(27)24-23)22(28)16-6-5-7-17(11-16)29-4/h5-11,18H,12H2,1-4H3,(H,24,27)/t18-/m1/s1. The highest BCUT2D eigenvalue weighted by atomic mass is 16.5. The van der Waals surface area contributed by atoms with E-state index in [9.17, 15) is 9.59 Å². The number of ether oxygens (including phenoxy) is 1. The number of carbonyl (C=O) groups is 2. The van der Waals surface area contributed by atoms with Crippen LogP contribution >= 0.6 is 0 Å². The van der Waals surface area contributed by atoms with Crippen LogP contribution in [-0.2, 0) is 4.79 Å². The minimum atomic E-state index is -0.578. The lowest BCUT2D eigenvalue weighted by atomic mass is 9.85. The quantitative estimate of drug-likeness (QED) is 0.682. The van der Waals surface area contributed by atoms with E-state index < -0.39 is 5.92 Å². The Morgan fingerprint density at radius 2 is 1.97 bits per heavy atom. The van der Waals surface area contributed by atoms with E-state index in [-0.39, 0.29) is 18.1 Å². The van der Waals surface area contributed by atoms with E-state index in [4.69, 9.17) is 4.74 Å². The van der Waals surface area contributed by atoms with Gasteiger partial charge in [-0.25, -0.2) is 4.68 Å². The van der Waals surface area contributed by atoms with Crippen LogP contribution in [0.3, 0.4) is 0 Å². The van der Waals surface area contributed by atoms with Gasteiger partial charge in [-0.2, -0.15) is 5.10 Å². The second-order valence-corrected chi connectivity index (χ2v) is 7.45. The van der Waals surface area contributed by atoms with Gasteiger partial charge in [0.1, 0.15) is 11.6 Å². The summed E-state index contributed by atoms with van der Waals surface area (Å²) in [5.74, 6) is 0.310. The van der Waals surface area contributed by atoms with E-state index in [1.54, 1.807) is 36.1 Å². The molecule has 0 fully saturated rings. The smallest absolute Gasteiger partial charge is 0.226 e. The molecule has 0 saturated carbocycles. The van der Waals surface area contributed by atoms with Crippen molar-refractivity contribution in [3.63, 3.8) is 0 Å². The third-order valence-electron chi connectivity index (χ3n) is 5.35. The molecule has 0 saturated heterocycles. The van der Waals surface area contributed by atoms with Crippen molar-refractivity contribution in [1.82, 2.24) is 9.78 Å². The average molecular weight is 389 g/mol. The van der Waals surface area contributed by atoms with Crippen molar-refractivity contribution in [2.24, 2.45) is 0 Å². The van der Waals surface area contributed by atoms with Gasteiger partial charge in [-0.1, -0.05) is 29.8 Å². The van der Waals surface area contributed by atoms with E-state index >= 15 is 0 Å². The van der Waals surface area contributed by atoms with E-state index in [1.165, 1.54) is 0 Å². The number of anilines is 1. The molecule has 0 aliphatic carbocycles. The lowest BCUT2D eigenvalue weighted by Gasteiger charge is -2.23. The summed E-state index contributed by atoms with van der Waals surface area (Å²) in [6, 6.07) is 13.1. The van der Waals surface area contributed by atoms with Crippen molar-refractivity contribution in [3.05, 3.63) is 70.4 Å². The Balaban J connectivity index is 1.82. The number of nitrogens with one attached hydrogen (secondary N) is 1. The van der Waals surface area contributed by atoms with Crippen LogP contribution in [0.15, 0.2) is 42.5 Å². The first-order valence-corrected chi connectivity index (χ1v) is 9.54. The molecule has 1 atom stereocenters. The monoisotopic (exact) mass is 389 g/mol. The van der Waals surface area contributed by atoms with E-state index in [0.717, 1.165) is 28.1 Å². The van der Waals surface area contributed by atoms with Gasteiger partial charge in [-0.05, 0) is 44.5 Å². The zero-order valence-electron chi connectivity index (χ0n) is 16.9. The number of aryl methyl sites for hydroxylation is 3. The van der Waals surface area contributed by atoms with Crippen molar-refractivity contribution in [2.75, 3.05) is 12.4 Å². The molecule has 1 aliphatic heterocycles. The van der Waals surface area contributed by atoms with Gasteiger partial charge in [-0.3, -0.25) is 9.59 Å². The highest BCUT2D eigenvalue weighted by Gasteiger charge is 2.36. The van der Waals surface area contributed by atoms with Crippen molar-refractivity contribution < 1.29 is 14.3 Å². The van der Waals surface area contributed by atoms with E-state index in [0.29, 0.717) is 17.1 Å². The molecule has 29 heavy (non-hydrogen) atoms. The molecule has 0 radical (unpaired) electrons. The maximum absolute atomic E-state index is 13.3. The number of methoxy groups -OCH3 is 1. The van der Waals surface area contributed by atoms with Crippen LogP contribution in [0.2, 0.25) is 0 Å². The highest BCUT2D eigenvalue weighted by Crippen LogP contribution is 2.39. The molecule has 148 valence electrons. The van der Waals surface area contributed by atoms with Crippen molar-refractivity contribution in [3.8, 4) is 11.4 Å². The Bertz CT molecular complexity index is 1130. The molecule has 6 heteroatoms. The molecule has 4 rings (SSSR count). The molecule has 1 aromatic heterocycles. The largest absolute Gasteiger partial charge is 0.497 e. The van der Waals surface area contributed by atoms with Crippen LogP contribution in [0.1, 0.15) is 45.1 Å². The van der Waals surface area contributed by atoms with Gasteiger partial charge >= 0.3 is 0 Å². The number of aromatic nitrogens is 2. The summed E-state index contributed by atoms with van der Waals surface area (Å²) in [5, 5.41) is 7.61. The first-order chi connectivity index (χ1) is 13.9. The summed E-state index contributed by atoms with van der Waals surface area (Å²) in [6.07, 6.45) is 0.0997. The number of carbonyl (C=O) groups excluding carboxylic acids is 2. The van der Waals surface area contributed by atoms with Crippen LogP contribution in [0.25, 0.3) is 5.69 Å². The van der Waals surface area contributed by atoms with Crippen LogP contribution in [0.4, 0.5) is 5.82 Å². The van der Waals surface area contributed by atoms with Gasteiger partial charge in [0.15, 0.2) is 5.78 Å². The van der Waals surface area contributed by atoms with Crippen molar-refractivity contribution in [2.45, 2.75) is 33.1 Å². The molecular weight excluding hydrogens is 366 g/mol. The Labute approximate surface area is 169 Å². The Morgan fingerprint density at radius 1 is 1.17 bits per heavy atom. The third-order valence-corrected chi connectivity index (χ3v) is 5.35. The molecule has 2 heterocycles. The topological polar surface area (TPSA) is 73.2 Å². The fourth-order valence-corrected chi connectivity index (χ4v) is 3.97. The first kappa shape index (κ1) is 18.9. The highest BCUT2D eigenvalue weighted by molar-refractivity contribution is 6.08. The summed E-state index contributed by atoms with van der Waals surface area (Å²) in [6.45, 7) is 5.92. The van der Waals surface area contributed by atoms with Gasteiger partial charge in [0.25, 0.3) is 0 Å². The van der Waals surface area contributed by atoms with E-state index in [2.05, 4.69) is 16.5 Å². The molecule has 1 aliphatic rings.